The van der Waals surface area contributed by atoms with Gasteiger partial charge in [-0.1, -0.05) is 0 Å². The molecule has 0 amide bonds. The van der Waals surface area contributed by atoms with Crippen molar-refractivity contribution in [2.45, 2.75) is 39.3 Å². The summed E-state index contributed by atoms with van der Waals surface area (Å²) in [5.41, 5.74) is 3.30. The Kier molecular flexibility index (Phi) is 2.78. The summed E-state index contributed by atoms with van der Waals surface area (Å²) < 4.78 is 4.02. The highest BCUT2D eigenvalue weighted by molar-refractivity contribution is 5.98. The second-order valence-electron chi connectivity index (χ2n) is 4.85. The van der Waals surface area contributed by atoms with Crippen LogP contribution in [-0.2, 0) is 19.5 Å². The lowest BCUT2D eigenvalue weighted by molar-refractivity contribution is 0.0973. The van der Waals surface area contributed by atoms with Gasteiger partial charge in [0.05, 0.1) is 12.7 Å². The van der Waals surface area contributed by atoms with Gasteiger partial charge in [0.25, 0.3) is 0 Å². The Labute approximate surface area is 106 Å². The van der Waals surface area contributed by atoms with Crippen LogP contribution in [0.2, 0.25) is 0 Å². The van der Waals surface area contributed by atoms with Gasteiger partial charge in [-0.15, -0.1) is 0 Å². The summed E-state index contributed by atoms with van der Waals surface area (Å²) in [5, 5.41) is 4.26. The fourth-order valence-electron chi connectivity index (χ4n) is 2.54. The van der Waals surface area contributed by atoms with Crippen molar-refractivity contribution in [3.05, 3.63) is 41.5 Å². The van der Waals surface area contributed by atoms with Gasteiger partial charge in [0.15, 0.2) is 5.78 Å². The number of rotatable bonds is 3. The molecule has 0 fully saturated rings. The number of nitrogens with zero attached hydrogens (tertiary/aromatic N) is 3. The highest BCUT2D eigenvalue weighted by atomic mass is 16.1. The van der Waals surface area contributed by atoms with E-state index in [0.717, 1.165) is 31.5 Å². The molecule has 2 aromatic heterocycles. The number of carbonyl (C=O) groups excluding carboxylic acids is 1. The number of carbonyl (C=O) groups is 1. The van der Waals surface area contributed by atoms with Gasteiger partial charge in [0.1, 0.15) is 0 Å². The third-order valence-corrected chi connectivity index (χ3v) is 3.49. The highest BCUT2D eigenvalue weighted by Gasteiger charge is 2.19. The molecule has 0 bridgehead atoms. The van der Waals surface area contributed by atoms with Gasteiger partial charge in [-0.3, -0.25) is 9.48 Å². The van der Waals surface area contributed by atoms with E-state index in [2.05, 4.69) is 29.0 Å². The third kappa shape index (κ3) is 1.98. The summed E-state index contributed by atoms with van der Waals surface area (Å²) in [6.45, 7) is 3.75. The van der Waals surface area contributed by atoms with Crippen LogP contribution >= 0.6 is 0 Å². The quantitative estimate of drug-likeness (QED) is 0.829. The van der Waals surface area contributed by atoms with Crippen molar-refractivity contribution in [1.29, 1.82) is 0 Å². The molecule has 0 spiro atoms. The summed E-state index contributed by atoms with van der Waals surface area (Å²) in [6, 6.07) is 0. The van der Waals surface area contributed by atoms with Gasteiger partial charge in [0, 0.05) is 42.7 Å². The maximum absolute atomic E-state index is 11.8. The zero-order valence-electron chi connectivity index (χ0n) is 10.6. The number of aryl methyl sites for hydroxylation is 2. The van der Waals surface area contributed by atoms with Crippen molar-refractivity contribution in [2.24, 2.45) is 0 Å². The molecule has 94 valence electrons. The first-order chi connectivity index (χ1) is 8.76. The molecular weight excluding hydrogens is 226 g/mol. The summed E-state index contributed by atoms with van der Waals surface area (Å²) in [4.78, 5) is 11.8. The molecule has 18 heavy (non-hydrogen) atoms. The lowest BCUT2D eigenvalue weighted by Crippen LogP contribution is -2.07. The summed E-state index contributed by atoms with van der Waals surface area (Å²) in [7, 11) is 0. The van der Waals surface area contributed by atoms with E-state index in [-0.39, 0.29) is 0 Å². The lowest BCUT2D eigenvalue weighted by atomic mass is 9.95. The Hall–Kier alpha value is -1.84. The SMILES string of the molecule is CCn1cc(Cn2cc3c(c2)C(=O)CCC3)cn1. The molecule has 0 saturated heterocycles. The molecule has 0 unspecified atom stereocenters. The zero-order valence-corrected chi connectivity index (χ0v) is 10.6. The second-order valence-corrected chi connectivity index (χ2v) is 4.85. The van der Waals surface area contributed by atoms with Crippen LogP contribution in [0.5, 0.6) is 0 Å². The molecule has 0 aromatic carbocycles. The van der Waals surface area contributed by atoms with Crippen molar-refractivity contribution in [3.63, 3.8) is 0 Å². The minimum absolute atomic E-state index is 0.291. The van der Waals surface area contributed by atoms with Gasteiger partial charge < -0.3 is 4.57 Å². The van der Waals surface area contributed by atoms with Crippen LogP contribution in [0.4, 0.5) is 0 Å². The van der Waals surface area contributed by atoms with Crippen molar-refractivity contribution >= 4 is 5.78 Å². The molecular formula is C14H17N3O. The Morgan fingerprint density at radius 3 is 2.89 bits per heavy atom. The third-order valence-electron chi connectivity index (χ3n) is 3.49. The van der Waals surface area contributed by atoms with Gasteiger partial charge in [-0.05, 0) is 25.3 Å². The number of hydrogen-bond donors (Lipinski definition) is 0. The van der Waals surface area contributed by atoms with Crippen LogP contribution in [0, 0.1) is 0 Å². The second kappa shape index (κ2) is 4.44. The van der Waals surface area contributed by atoms with E-state index in [4.69, 9.17) is 0 Å². The molecule has 0 atom stereocenters. The smallest absolute Gasteiger partial charge is 0.164 e. The van der Waals surface area contributed by atoms with Crippen LogP contribution in [-0.4, -0.2) is 20.1 Å². The van der Waals surface area contributed by atoms with Crippen LogP contribution < -0.4 is 0 Å². The normalized spacial score (nSPS) is 14.8. The standard InChI is InChI=1S/C14H17N3O/c1-2-17-8-11(6-15-17)7-16-9-12-4-3-5-14(18)13(12)10-16/h6,8-10H,2-5,7H2,1H3. The number of hydrogen-bond acceptors (Lipinski definition) is 2. The topological polar surface area (TPSA) is 39.8 Å². The Morgan fingerprint density at radius 1 is 1.28 bits per heavy atom. The Balaban J connectivity index is 1.83. The fraction of sp³-hybridized carbons (Fsp3) is 0.429. The van der Waals surface area contributed by atoms with E-state index in [9.17, 15) is 4.79 Å². The highest BCUT2D eigenvalue weighted by Crippen LogP contribution is 2.22. The van der Waals surface area contributed by atoms with Gasteiger partial charge in [-0.25, -0.2) is 0 Å². The summed E-state index contributed by atoms with van der Waals surface area (Å²) in [5.74, 6) is 0.291. The van der Waals surface area contributed by atoms with Crippen molar-refractivity contribution in [2.75, 3.05) is 0 Å². The van der Waals surface area contributed by atoms with Gasteiger partial charge in [0.2, 0.25) is 0 Å². The van der Waals surface area contributed by atoms with Crippen molar-refractivity contribution in [1.82, 2.24) is 14.3 Å². The summed E-state index contributed by atoms with van der Waals surface area (Å²) in [6.07, 6.45) is 10.8. The van der Waals surface area contributed by atoms with Crippen LogP contribution in [0.3, 0.4) is 0 Å². The van der Waals surface area contributed by atoms with Crippen molar-refractivity contribution in [3.8, 4) is 0 Å². The van der Waals surface area contributed by atoms with E-state index in [0.29, 0.717) is 12.2 Å². The lowest BCUT2D eigenvalue weighted by Gasteiger charge is -2.07. The Bertz CT molecular complexity index is 580. The molecule has 2 aromatic rings. The predicted octanol–water partition coefficient (Wildman–Crippen LogP) is 2.27. The number of ketones is 1. The number of Topliss-reactive ketones (excluding diaryl/α,β-unsaturated/α-hetero) is 1. The molecule has 1 aliphatic carbocycles. The van der Waals surface area contributed by atoms with E-state index < -0.39 is 0 Å². The minimum Gasteiger partial charge on any atom is -0.349 e. The maximum atomic E-state index is 11.8. The van der Waals surface area contributed by atoms with Crippen LogP contribution in [0.1, 0.15) is 41.3 Å². The molecule has 0 aliphatic heterocycles. The number of aromatic nitrogens is 3. The first kappa shape index (κ1) is 11.3. The first-order valence-corrected chi connectivity index (χ1v) is 6.49. The average molecular weight is 243 g/mol. The fourth-order valence-corrected chi connectivity index (χ4v) is 2.54. The molecule has 3 rings (SSSR count). The van der Waals surface area contributed by atoms with Gasteiger partial charge >= 0.3 is 0 Å². The first-order valence-electron chi connectivity index (χ1n) is 6.49. The van der Waals surface area contributed by atoms with E-state index in [1.54, 1.807) is 0 Å². The average Bonchev–Trinajstić information content (AvgIpc) is 2.96. The molecule has 0 radical (unpaired) electrons. The molecule has 4 nitrogen and oxygen atoms in total. The van der Waals surface area contributed by atoms with Crippen LogP contribution in [0.15, 0.2) is 24.8 Å². The van der Waals surface area contributed by atoms with E-state index >= 15 is 0 Å². The molecule has 4 heteroatoms. The molecule has 1 aliphatic rings. The summed E-state index contributed by atoms with van der Waals surface area (Å²) >= 11 is 0. The predicted molar refractivity (Wildman–Crippen MR) is 68.7 cm³/mol. The van der Waals surface area contributed by atoms with Gasteiger partial charge in [-0.2, -0.15) is 5.10 Å². The van der Waals surface area contributed by atoms with Crippen LogP contribution in [0.25, 0.3) is 0 Å². The molecule has 2 heterocycles. The zero-order chi connectivity index (χ0) is 12.5. The van der Waals surface area contributed by atoms with E-state index in [1.165, 1.54) is 11.1 Å². The van der Waals surface area contributed by atoms with Crippen molar-refractivity contribution < 1.29 is 4.79 Å². The Morgan fingerprint density at radius 2 is 2.17 bits per heavy atom. The molecule has 0 N–H and O–H groups in total. The number of fused-ring (bicyclic) bond motifs is 1. The monoisotopic (exact) mass is 243 g/mol. The minimum atomic E-state index is 0.291. The molecule has 0 saturated carbocycles. The largest absolute Gasteiger partial charge is 0.349 e. The van der Waals surface area contributed by atoms with E-state index in [1.807, 2.05) is 17.1 Å². The maximum Gasteiger partial charge on any atom is 0.164 e.